The highest BCUT2D eigenvalue weighted by Gasteiger charge is 2.52. The van der Waals surface area contributed by atoms with E-state index in [1.807, 2.05) is 13.0 Å². The molecule has 0 aromatic rings. The van der Waals surface area contributed by atoms with Gasteiger partial charge < -0.3 is 10.2 Å². The third-order valence-electron chi connectivity index (χ3n) is 6.93. The summed E-state index contributed by atoms with van der Waals surface area (Å²) in [5.41, 5.74) is -0.241. The minimum atomic E-state index is -0.590. The van der Waals surface area contributed by atoms with Gasteiger partial charge in [0.15, 0.2) is 0 Å². The van der Waals surface area contributed by atoms with Crippen molar-refractivity contribution in [3.8, 4) is 0 Å². The highest BCUT2D eigenvalue weighted by atomic mass is 16.3. The van der Waals surface area contributed by atoms with E-state index in [2.05, 4.69) is 19.9 Å². The van der Waals surface area contributed by atoms with Crippen molar-refractivity contribution >= 4 is 0 Å². The Morgan fingerprint density at radius 1 is 1.24 bits per heavy atom. The van der Waals surface area contributed by atoms with Crippen molar-refractivity contribution in [3.05, 3.63) is 12.2 Å². The molecule has 21 heavy (non-hydrogen) atoms. The van der Waals surface area contributed by atoms with Gasteiger partial charge in [-0.1, -0.05) is 32.4 Å². The molecule has 2 heteroatoms. The molecule has 0 bridgehead atoms. The molecule has 0 amide bonds. The van der Waals surface area contributed by atoms with E-state index in [1.54, 1.807) is 0 Å². The van der Waals surface area contributed by atoms with Crippen molar-refractivity contribution in [2.45, 2.75) is 77.4 Å². The molecule has 6 unspecified atom stereocenters. The first-order chi connectivity index (χ1) is 9.82. The van der Waals surface area contributed by atoms with E-state index in [4.69, 9.17) is 0 Å². The molecule has 2 nitrogen and oxygen atoms in total. The second kappa shape index (κ2) is 5.38. The molecule has 0 aliphatic heterocycles. The van der Waals surface area contributed by atoms with E-state index in [9.17, 15) is 10.2 Å². The summed E-state index contributed by atoms with van der Waals surface area (Å²) in [4.78, 5) is 0. The lowest BCUT2D eigenvalue weighted by Crippen LogP contribution is -2.41. The van der Waals surface area contributed by atoms with E-state index in [-0.39, 0.29) is 6.10 Å². The van der Waals surface area contributed by atoms with Gasteiger partial charge in [0.05, 0.1) is 11.7 Å². The summed E-state index contributed by atoms with van der Waals surface area (Å²) in [6, 6.07) is 0. The molecule has 3 aliphatic rings. The summed E-state index contributed by atoms with van der Waals surface area (Å²) >= 11 is 0. The number of hydrogen-bond acceptors (Lipinski definition) is 2. The average Bonchev–Trinajstić information content (AvgIpc) is 2.90. The Hall–Kier alpha value is -0.340. The smallest absolute Gasteiger partial charge is 0.0805 e. The van der Waals surface area contributed by atoms with Gasteiger partial charge in [-0.3, -0.25) is 0 Å². The van der Waals surface area contributed by atoms with Gasteiger partial charge in [-0.15, -0.1) is 0 Å². The second-order valence-electron chi connectivity index (χ2n) is 8.65. The number of aliphatic hydroxyl groups excluding tert-OH is 1. The molecule has 120 valence electrons. The number of fused-ring (bicyclic) bond motifs is 1. The van der Waals surface area contributed by atoms with E-state index in [1.165, 1.54) is 32.1 Å². The standard InChI is InChI=1S/C19H32O2/c1-13(11-14-8-10-18(2,21)12-14)15-6-7-16-17(20)5-4-9-19(15,16)3/h8,10,13-17,20-21H,4-7,9,11-12H2,1-3H3/t13?,14?,15?,16?,17?,18?,19-/m1/s1. The maximum absolute atomic E-state index is 10.4. The maximum atomic E-state index is 10.4. The van der Waals surface area contributed by atoms with E-state index in [0.717, 1.165) is 18.8 Å². The number of hydrogen-bond donors (Lipinski definition) is 2. The SMILES string of the molecule is CC(CC1C=CC(C)(O)C1)C1CCC2C(O)CCC[C@]12C. The van der Waals surface area contributed by atoms with Crippen molar-refractivity contribution in [3.63, 3.8) is 0 Å². The zero-order valence-corrected chi connectivity index (χ0v) is 13.9. The monoisotopic (exact) mass is 292 g/mol. The zero-order valence-electron chi connectivity index (χ0n) is 13.9. The molecule has 3 aliphatic carbocycles. The van der Waals surface area contributed by atoms with E-state index in [0.29, 0.717) is 23.2 Å². The summed E-state index contributed by atoms with van der Waals surface area (Å²) in [6.45, 7) is 6.76. The molecule has 2 N–H and O–H groups in total. The van der Waals surface area contributed by atoms with Gasteiger partial charge in [0, 0.05) is 0 Å². The van der Waals surface area contributed by atoms with Crippen LogP contribution in [0, 0.1) is 29.1 Å². The van der Waals surface area contributed by atoms with Crippen LogP contribution in [0.5, 0.6) is 0 Å². The Morgan fingerprint density at radius 3 is 2.67 bits per heavy atom. The molecule has 2 fully saturated rings. The largest absolute Gasteiger partial charge is 0.393 e. The summed E-state index contributed by atoms with van der Waals surface area (Å²) in [5, 5.41) is 20.4. The summed E-state index contributed by atoms with van der Waals surface area (Å²) < 4.78 is 0. The third-order valence-corrected chi connectivity index (χ3v) is 6.93. The molecule has 7 atom stereocenters. The first kappa shape index (κ1) is 15.6. The molecule has 0 radical (unpaired) electrons. The van der Waals surface area contributed by atoms with Crippen molar-refractivity contribution in [2.24, 2.45) is 29.1 Å². The Labute approximate surface area is 129 Å². The number of allylic oxidation sites excluding steroid dienone is 1. The lowest BCUT2D eigenvalue weighted by molar-refractivity contribution is -0.0289. The van der Waals surface area contributed by atoms with Crippen molar-refractivity contribution in [1.82, 2.24) is 0 Å². The van der Waals surface area contributed by atoms with Crippen LogP contribution in [-0.4, -0.2) is 21.9 Å². The van der Waals surface area contributed by atoms with Crippen LogP contribution >= 0.6 is 0 Å². The Kier molecular flexibility index (Phi) is 3.99. The van der Waals surface area contributed by atoms with Crippen molar-refractivity contribution < 1.29 is 10.2 Å². The predicted molar refractivity (Wildman–Crippen MR) is 85.8 cm³/mol. The van der Waals surface area contributed by atoms with Gasteiger partial charge in [0.25, 0.3) is 0 Å². The molecule has 3 rings (SSSR count). The lowest BCUT2D eigenvalue weighted by Gasteiger charge is -2.45. The number of rotatable bonds is 3. The molecular weight excluding hydrogens is 260 g/mol. The first-order valence-corrected chi connectivity index (χ1v) is 8.92. The van der Waals surface area contributed by atoms with E-state index < -0.39 is 5.60 Å². The average molecular weight is 292 g/mol. The van der Waals surface area contributed by atoms with Gasteiger partial charge in [0.2, 0.25) is 0 Å². The van der Waals surface area contributed by atoms with Crippen molar-refractivity contribution in [2.75, 3.05) is 0 Å². The van der Waals surface area contributed by atoms with Crippen LogP contribution in [0.15, 0.2) is 12.2 Å². The zero-order chi connectivity index (χ0) is 15.3. The minimum Gasteiger partial charge on any atom is -0.393 e. The fourth-order valence-corrected chi connectivity index (χ4v) is 5.94. The van der Waals surface area contributed by atoms with E-state index >= 15 is 0 Å². The van der Waals surface area contributed by atoms with Crippen LogP contribution in [0.3, 0.4) is 0 Å². The Morgan fingerprint density at radius 2 is 2.00 bits per heavy atom. The summed E-state index contributed by atoms with van der Waals surface area (Å²) in [5.74, 6) is 2.50. The van der Waals surface area contributed by atoms with Crippen LogP contribution in [-0.2, 0) is 0 Å². The minimum absolute atomic E-state index is 0.0620. The van der Waals surface area contributed by atoms with Gasteiger partial charge in [-0.05, 0) is 74.5 Å². The first-order valence-electron chi connectivity index (χ1n) is 8.92. The number of aliphatic hydroxyl groups is 2. The molecule has 0 saturated heterocycles. The molecule has 0 spiro atoms. The molecule has 2 saturated carbocycles. The lowest BCUT2D eigenvalue weighted by atomic mass is 9.61. The van der Waals surface area contributed by atoms with Gasteiger partial charge in [-0.2, -0.15) is 0 Å². The molecule has 0 aromatic heterocycles. The predicted octanol–water partition coefficient (Wildman–Crippen LogP) is 3.92. The van der Waals surface area contributed by atoms with Crippen LogP contribution in [0.25, 0.3) is 0 Å². The van der Waals surface area contributed by atoms with Crippen LogP contribution in [0.2, 0.25) is 0 Å². The molecule has 0 heterocycles. The highest BCUT2D eigenvalue weighted by molar-refractivity contribution is 5.11. The van der Waals surface area contributed by atoms with Gasteiger partial charge in [-0.25, -0.2) is 0 Å². The third kappa shape index (κ3) is 2.82. The van der Waals surface area contributed by atoms with Gasteiger partial charge in [0.1, 0.15) is 0 Å². The van der Waals surface area contributed by atoms with Crippen LogP contribution in [0.1, 0.15) is 65.7 Å². The Balaban J connectivity index is 1.65. The molecular formula is C19H32O2. The second-order valence-corrected chi connectivity index (χ2v) is 8.65. The fourth-order valence-electron chi connectivity index (χ4n) is 5.94. The highest BCUT2D eigenvalue weighted by Crippen LogP contribution is 2.58. The molecule has 0 aromatic carbocycles. The van der Waals surface area contributed by atoms with Gasteiger partial charge >= 0.3 is 0 Å². The maximum Gasteiger partial charge on any atom is 0.0805 e. The fraction of sp³-hybridized carbons (Fsp3) is 0.895. The Bertz CT molecular complexity index is 414. The normalized spacial score (nSPS) is 51.1. The summed E-state index contributed by atoms with van der Waals surface area (Å²) in [7, 11) is 0. The topological polar surface area (TPSA) is 40.5 Å². The quantitative estimate of drug-likeness (QED) is 0.774. The van der Waals surface area contributed by atoms with Crippen molar-refractivity contribution in [1.29, 1.82) is 0 Å². The van der Waals surface area contributed by atoms with Crippen LogP contribution in [0.4, 0.5) is 0 Å². The van der Waals surface area contributed by atoms with Crippen LogP contribution < -0.4 is 0 Å². The summed E-state index contributed by atoms with van der Waals surface area (Å²) in [6.07, 6.45) is 12.2.